The molecule has 0 radical (unpaired) electrons. The number of nitrogens with zero attached hydrogens (tertiary/aromatic N) is 1. The topological polar surface area (TPSA) is 57.6 Å². The highest BCUT2D eigenvalue weighted by molar-refractivity contribution is 7.99. The van der Waals surface area contributed by atoms with Crippen molar-refractivity contribution in [1.29, 1.82) is 0 Å². The summed E-state index contributed by atoms with van der Waals surface area (Å²) in [5.74, 6) is 0.180. The average Bonchev–Trinajstić information content (AvgIpc) is 2.68. The van der Waals surface area contributed by atoms with Gasteiger partial charge in [-0.3, -0.25) is 4.79 Å². The molecule has 4 nitrogen and oxygen atoms in total. The monoisotopic (exact) mass is 277 g/mol. The third kappa shape index (κ3) is 4.15. The molecule has 0 aromatic rings. The van der Waals surface area contributed by atoms with E-state index in [4.69, 9.17) is 5.11 Å². The molecule has 1 rings (SSSR count). The first-order valence-corrected chi connectivity index (χ1v) is 7.28. The van der Waals surface area contributed by atoms with E-state index < -0.39 is 11.6 Å². The van der Waals surface area contributed by atoms with Crippen molar-refractivity contribution in [3.63, 3.8) is 0 Å². The molecule has 1 unspecified atom stereocenters. The minimum atomic E-state index is -2.25. The van der Waals surface area contributed by atoms with E-state index in [-0.39, 0.29) is 25.4 Å². The van der Waals surface area contributed by atoms with E-state index in [9.17, 15) is 14.0 Å². The smallest absolute Gasteiger partial charge is 0.343 e. The van der Waals surface area contributed by atoms with Crippen LogP contribution >= 0.6 is 11.8 Å². The molecular weight excluding hydrogens is 257 g/mol. The van der Waals surface area contributed by atoms with Crippen LogP contribution in [0.3, 0.4) is 0 Å². The molecule has 1 atom stereocenters. The normalized spacial score (nSPS) is 23.7. The van der Waals surface area contributed by atoms with E-state index in [0.717, 1.165) is 12.2 Å². The predicted octanol–water partition coefficient (Wildman–Crippen LogP) is 1.79. The molecule has 1 heterocycles. The Hall–Kier alpha value is -0.780. The Morgan fingerprint density at radius 2 is 2.17 bits per heavy atom. The maximum Gasteiger partial charge on any atom is 0.343 e. The minimum Gasteiger partial charge on any atom is -0.479 e. The fourth-order valence-electron chi connectivity index (χ4n) is 1.73. The number of amides is 1. The SMILES string of the molecule is CC(C)CCSCC(=O)N1CCC(F)(C(=O)O)C1. The zero-order chi connectivity index (χ0) is 13.8. The molecule has 0 spiro atoms. The van der Waals surface area contributed by atoms with Crippen molar-refractivity contribution in [1.82, 2.24) is 4.90 Å². The third-order valence-corrected chi connectivity index (χ3v) is 4.00. The van der Waals surface area contributed by atoms with Gasteiger partial charge in [-0.25, -0.2) is 9.18 Å². The first kappa shape index (κ1) is 15.3. The van der Waals surface area contributed by atoms with Gasteiger partial charge in [-0.15, -0.1) is 0 Å². The standard InChI is InChI=1S/C12H20FNO3S/c1-9(2)3-6-18-7-10(15)14-5-4-12(13,8-14)11(16)17/h9H,3-8H2,1-2H3,(H,16,17). The number of aliphatic carboxylic acids is 1. The van der Waals surface area contributed by atoms with Crippen LogP contribution in [0.4, 0.5) is 4.39 Å². The Morgan fingerprint density at radius 3 is 2.67 bits per heavy atom. The summed E-state index contributed by atoms with van der Waals surface area (Å²) < 4.78 is 13.7. The Labute approximate surface area is 111 Å². The number of thioether (sulfide) groups is 1. The molecule has 0 bridgehead atoms. The number of carboxylic acid groups (broad SMARTS) is 1. The molecule has 1 aliphatic rings. The van der Waals surface area contributed by atoms with Crippen molar-refractivity contribution in [3.05, 3.63) is 0 Å². The molecule has 1 N–H and O–H groups in total. The zero-order valence-corrected chi connectivity index (χ0v) is 11.6. The summed E-state index contributed by atoms with van der Waals surface area (Å²) >= 11 is 1.52. The van der Waals surface area contributed by atoms with Crippen LogP contribution in [0.1, 0.15) is 26.7 Å². The van der Waals surface area contributed by atoms with Crippen molar-refractivity contribution >= 4 is 23.6 Å². The van der Waals surface area contributed by atoms with Crippen LogP contribution in [-0.4, -0.2) is 52.1 Å². The summed E-state index contributed by atoms with van der Waals surface area (Å²) in [6.45, 7) is 4.12. The second-order valence-electron chi connectivity index (χ2n) is 5.07. The number of hydrogen-bond donors (Lipinski definition) is 1. The van der Waals surface area contributed by atoms with Gasteiger partial charge in [0.1, 0.15) is 0 Å². The largest absolute Gasteiger partial charge is 0.479 e. The first-order chi connectivity index (χ1) is 8.35. The minimum absolute atomic E-state index is 0.106. The second-order valence-corrected chi connectivity index (χ2v) is 6.18. The van der Waals surface area contributed by atoms with Crippen LogP contribution in [0.25, 0.3) is 0 Å². The molecule has 1 fully saturated rings. The lowest BCUT2D eigenvalue weighted by Gasteiger charge is -2.17. The summed E-state index contributed by atoms with van der Waals surface area (Å²) in [7, 11) is 0. The van der Waals surface area contributed by atoms with Crippen molar-refractivity contribution in [3.8, 4) is 0 Å². The number of carbonyl (C=O) groups is 2. The maximum absolute atomic E-state index is 13.7. The van der Waals surface area contributed by atoms with Gasteiger partial charge in [0.05, 0.1) is 12.3 Å². The number of carbonyl (C=O) groups excluding carboxylic acids is 1. The highest BCUT2D eigenvalue weighted by Gasteiger charge is 2.46. The van der Waals surface area contributed by atoms with E-state index in [1.54, 1.807) is 0 Å². The fourth-order valence-corrected chi connectivity index (χ4v) is 2.87. The van der Waals surface area contributed by atoms with Gasteiger partial charge in [0.25, 0.3) is 0 Å². The summed E-state index contributed by atoms with van der Waals surface area (Å²) in [6.07, 6.45) is 0.935. The van der Waals surface area contributed by atoms with Gasteiger partial charge in [0.2, 0.25) is 11.6 Å². The Kier molecular flexibility index (Phi) is 5.44. The van der Waals surface area contributed by atoms with Gasteiger partial charge in [-0.2, -0.15) is 11.8 Å². The Bertz CT molecular complexity index is 324. The van der Waals surface area contributed by atoms with Crippen molar-refractivity contribution < 1.29 is 19.1 Å². The lowest BCUT2D eigenvalue weighted by atomic mass is 10.1. The Morgan fingerprint density at radius 1 is 1.50 bits per heavy atom. The fraction of sp³-hybridized carbons (Fsp3) is 0.833. The third-order valence-electron chi connectivity index (χ3n) is 3.02. The summed E-state index contributed by atoms with van der Waals surface area (Å²) in [5.41, 5.74) is -2.25. The highest BCUT2D eigenvalue weighted by Crippen LogP contribution is 2.26. The molecule has 104 valence electrons. The van der Waals surface area contributed by atoms with E-state index in [2.05, 4.69) is 13.8 Å². The van der Waals surface area contributed by atoms with E-state index >= 15 is 0 Å². The molecule has 0 aliphatic carbocycles. The second kappa shape index (κ2) is 6.41. The van der Waals surface area contributed by atoms with Gasteiger partial charge in [0.15, 0.2) is 0 Å². The van der Waals surface area contributed by atoms with Crippen molar-refractivity contribution in [2.24, 2.45) is 5.92 Å². The van der Waals surface area contributed by atoms with Crippen LogP contribution in [0.15, 0.2) is 0 Å². The molecular formula is C12H20FNO3S. The van der Waals surface area contributed by atoms with Crippen LogP contribution < -0.4 is 0 Å². The van der Waals surface area contributed by atoms with Gasteiger partial charge >= 0.3 is 5.97 Å². The molecule has 0 aromatic carbocycles. The number of alkyl halides is 1. The number of carboxylic acids is 1. The molecule has 1 aliphatic heterocycles. The quantitative estimate of drug-likeness (QED) is 0.752. The molecule has 0 saturated carbocycles. The Balaban J connectivity index is 2.30. The molecule has 1 amide bonds. The lowest BCUT2D eigenvalue weighted by Crippen LogP contribution is -2.39. The lowest BCUT2D eigenvalue weighted by molar-refractivity contribution is -0.150. The van der Waals surface area contributed by atoms with Crippen molar-refractivity contribution in [2.45, 2.75) is 32.4 Å². The summed E-state index contributed by atoms with van der Waals surface area (Å²) in [4.78, 5) is 23.8. The van der Waals surface area contributed by atoms with Gasteiger partial charge < -0.3 is 10.0 Å². The summed E-state index contributed by atoms with van der Waals surface area (Å²) in [5, 5.41) is 8.73. The predicted molar refractivity (Wildman–Crippen MR) is 69.5 cm³/mol. The van der Waals surface area contributed by atoms with Gasteiger partial charge in [-0.1, -0.05) is 13.8 Å². The van der Waals surface area contributed by atoms with Crippen LogP contribution in [0, 0.1) is 5.92 Å². The highest BCUT2D eigenvalue weighted by atomic mass is 32.2. The number of rotatable bonds is 6. The van der Waals surface area contributed by atoms with E-state index in [1.165, 1.54) is 16.7 Å². The van der Waals surface area contributed by atoms with Crippen LogP contribution in [0.5, 0.6) is 0 Å². The van der Waals surface area contributed by atoms with Gasteiger partial charge in [-0.05, 0) is 18.1 Å². The molecule has 0 aromatic heterocycles. The molecule has 6 heteroatoms. The average molecular weight is 277 g/mol. The molecule has 18 heavy (non-hydrogen) atoms. The zero-order valence-electron chi connectivity index (χ0n) is 10.8. The number of halogens is 1. The number of likely N-dealkylation sites (tertiary alicyclic amines) is 1. The first-order valence-electron chi connectivity index (χ1n) is 6.13. The van der Waals surface area contributed by atoms with E-state index in [1.807, 2.05) is 0 Å². The van der Waals surface area contributed by atoms with Gasteiger partial charge in [0, 0.05) is 13.0 Å². The maximum atomic E-state index is 13.7. The van der Waals surface area contributed by atoms with E-state index in [0.29, 0.717) is 11.7 Å². The molecule has 1 saturated heterocycles. The van der Waals surface area contributed by atoms with Crippen LogP contribution in [0.2, 0.25) is 0 Å². The van der Waals surface area contributed by atoms with Crippen LogP contribution in [-0.2, 0) is 9.59 Å². The number of hydrogen-bond acceptors (Lipinski definition) is 3. The van der Waals surface area contributed by atoms with Crippen molar-refractivity contribution in [2.75, 3.05) is 24.6 Å². The summed E-state index contributed by atoms with van der Waals surface area (Å²) in [6, 6.07) is 0.